The maximum Gasteiger partial charge on any atom is 0.251 e. The molecule has 8 nitrogen and oxygen atoms in total. The summed E-state index contributed by atoms with van der Waals surface area (Å²) in [4.78, 5) is 48.0. The first-order chi connectivity index (χ1) is 19.0. The van der Waals surface area contributed by atoms with Crippen LogP contribution in [0.2, 0.25) is 0 Å². The second-order valence-electron chi connectivity index (χ2n) is 10.8. The molecule has 210 valence electrons. The van der Waals surface area contributed by atoms with Gasteiger partial charge in [0.2, 0.25) is 11.8 Å². The SMILES string of the molecule is CCCN1CC=C[C@@H]2S[C@]34C=CCN(c5ccc(OC)cc5)C(=O)C3N(CCCCCCO)C(=O)[C@@H]4[C@@H]2C1=O. The van der Waals surface area contributed by atoms with Gasteiger partial charge in [-0.1, -0.05) is 44.1 Å². The lowest BCUT2D eigenvalue weighted by Crippen LogP contribution is -2.53. The summed E-state index contributed by atoms with van der Waals surface area (Å²) in [5.74, 6) is -0.531. The number of carbonyl (C=O) groups excluding carboxylic acids is 3. The summed E-state index contributed by atoms with van der Waals surface area (Å²) >= 11 is 1.62. The third kappa shape index (κ3) is 4.88. The smallest absolute Gasteiger partial charge is 0.251 e. The molecule has 4 aliphatic rings. The fourth-order valence-electron chi connectivity index (χ4n) is 6.64. The van der Waals surface area contributed by atoms with Crippen molar-refractivity contribution in [2.45, 2.75) is 55.1 Å². The molecule has 1 aromatic carbocycles. The van der Waals surface area contributed by atoms with Gasteiger partial charge in [0.25, 0.3) is 5.91 Å². The van der Waals surface area contributed by atoms with Crippen LogP contribution in [-0.2, 0) is 14.4 Å². The van der Waals surface area contributed by atoms with E-state index < -0.39 is 22.6 Å². The van der Waals surface area contributed by atoms with Gasteiger partial charge in [-0.15, -0.1) is 11.8 Å². The normalized spacial score (nSPS) is 29.8. The fourth-order valence-corrected chi connectivity index (χ4v) is 8.65. The van der Waals surface area contributed by atoms with Gasteiger partial charge in [-0.05, 0) is 43.5 Å². The summed E-state index contributed by atoms with van der Waals surface area (Å²) in [6.45, 7) is 4.29. The first-order valence-corrected chi connectivity index (χ1v) is 15.0. The van der Waals surface area contributed by atoms with Crippen LogP contribution in [-0.4, -0.2) is 88.6 Å². The molecule has 0 aromatic heterocycles. The minimum Gasteiger partial charge on any atom is -0.497 e. The lowest BCUT2D eigenvalue weighted by molar-refractivity contribution is -0.142. The number of likely N-dealkylation sites (tertiary alicyclic amines) is 1. The van der Waals surface area contributed by atoms with E-state index in [0.29, 0.717) is 31.9 Å². The van der Waals surface area contributed by atoms with Crippen molar-refractivity contribution in [2.75, 3.05) is 44.8 Å². The van der Waals surface area contributed by atoms with Gasteiger partial charge < -0.3 is 24.5 Å². The van der Waals surface area contributed by atoms with Crippen molar-refractivity contribution in [1.29, 1.82) is 0 Å². The molecule has 4 aliphatic heterocycles. The summed E-state index contributed by atoms with van der Waals surface area (Å²) in [5.41, 5.74) is 0.753. The monoisotopic (exact) mass is 553 g/mol. The van der Waals surface area contributed by atoms with Crippen LogP contribution in [0.1, 0.15) is 39.0 Å². The average Bonchev–Trinajstić information content (AvgIpc) is 3.25. The molecule has 0 bridgehead atoms. The lowest BCUT2D eigenvalue weighted by atomic mass is 9.78. The number of amides is 3. The van der Waals surface area contributed by atoms with Gasteiger partial charge in [0, 0.05) is 43.7 Å². The van der Waals surface area contributed by atoms with E-state index in [4.69, 9.17) is 9.84 Å². The van der Waals surface area contributed by atoms with E-state index in [1.54, 1.807) is 28.7 Å². The van der Waals surface area contributed by atoms with E-state index in [9.17, 15) is 14.4 Å². The highest BCUT2D eigenvalue weighted by atomic mass is 32.2. The number of anilines is 1. The number of rotatable bonds is 10. The molecule has 0 aliphatic carbocycles. The van der Waals surface area contributed by atoms with Crippen LogP contribution < -0.4 is 9.64 Å². The molecule has 3 amide bonds. The van der Waals surface area contributed by atoms with Crippen molar-refractivity contribution >= 4 is 35.2 Å². The molecule has 39 heavy (non-hydrogen) atoms. The predicted octanol–water partition coefficient (Wildman–Crippen LogP) is 3.26. The average molecular weight is 554 g/mol. The minimum atomic E-state index is -0.801. The predicted molar refractivity (Wildman–Crippen MR) is 153 cm³/mol. The third-order valence-electron chi connectivity index (χ3n) is 8.43. The molecule has 1 N–H and O–H groups in total. The molecule has 4 heterocycles. The van der Waals surface area contributed by atoms with Gasteiger partial charge in [0.1, 0.15) is 11.8 Å². The van der Waals surface area contributed by atoms with Crippen LogP contribution in [0.4, 0.5) is 5.69 Å². The summed E-state index contributed by atoms with van der Waals surface area (Å²) < 4.78 is 4.50. The Bertz CT molecular complexity index is 1140. The number of hydrogen-bond acceptors (Lipinski definition) is 6. The Kier molecular flexibility index (Phi) is 8.38. The molecule has 1 spiro atoms. The second kappa shape index (κ2) is 11.8. The first-order valence-electron chi connectivity index (χ1n) is 14.1. The maximum absolute atomic E-state index is 14.4. The molecular weight excluding hydrogens is 514 g/mol. The number of unbranched alkanes of at least 4 members (excludes halogenated alkanes) is 3. The Hall–Kier alpha value is -2.78. The summed E-state index contributed by atoms with van der Waals surface area (Å²) in [6, 6.07) is 6.73. The second-order valence-corrected chi connectivity index (χ2v) is 12.3. The Morgan fingerprint density at radius 2 is 1.74 bits per heavy atom. The number of aliphatic hydroxyl groups excluding tert-OH is 1. The van der Waals surface area contributed by atoms with Crippen molar-refractivity contribution in [3.05, 3.63) is 48.6 Å². The number of thioether (sulfide) groups is 1. The van der Waals surface area contributed by atoms with Gasteiger partial charge in [-0.2, -0.15) is 0 Å². The Balaban J connectivity index is 1.52. The van der Waals surface area contributed by atoms with E-state index in [1.165, 1.54) is 0 Å². The van der Waals surface area contributed by atoms with Crippen LogP contribution in [0.25, 0.3) is 0 Å². The molecule has 1 aromatic rings. The zero-order valence-electron chi connectivity index (χ0n) is 22.8. The Morgan fingerprint density at radius 3 is 2.46 bits per heavy atom. The van der Waals surface area contributed by atoms with Gasteiger partial charge >= 0.3 is 0 Å². The zero-order valence-corrected chi connectivity index (χ0v) is 23.6. The zero-order chi connectivity index (χ0) is 27.6. The van der Waals surface area contributed by atoms with Gasteiger partial charge in [-0.3, -0.25) is 14.4 Å². The summed E-state index contributed by atoms with van der Waals surface area (Å²) in [7, 11) is 1.61. The van der Waals surface area contributed by atoms with Crippen molar-refractivity contribution in [3.8, 4) is 5.75 Å². The van der Waals surface area contributed by atoms with Crippen molar-refractivity contribution in [1.82, 2.24) is 9.80 Å². The maximum atomic E-state index is 14.4. The molecule has 9 heteroatoms. The van der Waals surface area contributed by atoms with E-state index in [2.05, 4.69) is 19.1 Å². The topological polar surface area (TPSA) is 90.4 Å². The van der Waals surface area contributed by atoms with Gasteiger partial charge in [0.05, 0.1) is 23.7 Å². The number of nitrogens with zero attached hydrogens (tertiary/aromatic N) is 3. The first kappa shape index (κ1) is 27.8. The highest BCUT2D eigenvalue weighted by molar-refractivity contribution is 8.02. The van der Waals surface area contributed by atoms with Crippen molar-refractivity contribution in [3.63, 3.8) is 0 Å². The molecule has 2 fully saturated rings. The van der Waals surface area contributed by atoms with Gasteiger partial charge in [-0.25, -0.2) is 0 Å². The molecule has 5 rings (SSSR count). The number of benzene rings is 1. The van der Waals surface area contributed by atoms with E-state index in [-0.39, 0.29) is 29.6 Å². The quantitative estimate of drug-likeness (QED) is 0.353. The number of methoxy groups -OCH3 is 1. The standard InChI is InChI=1S/C30H39N3O5S/c1-3-16-31-17-8-10-23-24(27(31)35)25-28(36)33(18-6-4-5-7-20-34)26-29(37)32(19-9-15-30(25,26)39-23)21-11-13-22(38-2)14-12-21/h8-15,23-26,34H,3-7,16-20H2,1-2H3/t23-,24+,25-,26?,30-/m0/s1. The number of hydrogen-bond donors (Lipinski definition) is 1. The number of carbonyl (C=O) groups is 3. The summed E-state index contributed by atoms with van der Waals surface area (Å²) in [5, 5.41) is 9.02. The molecule has 0 radical (unpaired) electrons. The van der Waals surface area contributed by atoms with Crippen LogP contribution in [0.3, 0.4) is 0 Å². The summed E-state index contributed by atoms with van der Waals surface area (Å²) in [6.07, 6.45) is 12.3. The highest BCUT2D eigenvalue weighted by Gasteiger charge is 2.70. The van der Waals surface area contributed by atoms with Crippen LogP contribution in [0, 0.1) is 11.8 Å². The van der Waals surface area contributed by atoms with Crippen LogP contribution in [0.15, 0.2) is 48.6 Å². The molecular formula is C30H39N3O5S. The molecule has 0 saturated carbocycles. The number of fused-ring (bicyclic) bond motifs is 2. The highest BCUT2D eigenvalue weighted by Crippen LogP contribution is 2.61. The number of ether oxygens (including phenoxy) is 1. The Morgan fingerprint density at radius 1 is 0.974 bits per heavy atom. The van der Waals surface area contributed by atoms with Crippen molar-refractivity contribution < 1.29 is 24.2 Å². The molecule has 2 saturated heterocycles. The van der Waals surface area contributed by atoms with Crippen LogP contribution in [0.5, 0.6) is 5.75 Å². The minimum absolute atomic E-state index is 0.0234. The van der Waals surface area contributed by atoms with Crippen LogP contribution >= 0.6 is 11.8 Å². The fraction of sp³-hybridized carbons (Fsp3) is 0.567. The number of aliphatic hydroxyl groups is 1. The van der Waals surface area contributed by atoms with Crippen molar-refractivity contribution in [2.24, 2.45) is 11.8 Å². The van der Waals surface area contributed by atoms with E-state index in [0.717, 1.165) is 37.8 Å². The molecule has 5 atom stereocenters. The third-order valence-corrected chi connectivity index (χ3v) is 10.2. The lowest BCUT2D eigenvalue weighted by Gasteiger charge is -2.35. The largest absolute Gasteiger partial charge is 0.497 e. The Labute approximate surface area is 235 Å². The van der Waals surface area contributed by atoms with E-state index in [1.807, 2.05) is 41.3 Å². The van der Waals surface area contributed by atoms with Gasteiger partial charge in [0.15, 0.2) is 0 Å². The molecule has 1 unspecified atom stereocenters. The van der Waals surface area contributed by atoms with E-state index >= 15 is 0 Å².